The van der Waals surface area contributed by atoms with Crippen LogP contribution in [0, 0.1) is 0 Å². The average molecular weight is 237 g/mol. The van der Waals surface area contributed by atoms with Gasteiger partial charge in [0.2, 0.25) is 5.88 Å². The standard InChI is InChI=1S/C12H19N3O2/c1-2-17-12-8-11(13-9-14-12)15(6-7-16)10-4-3-5-10/h8-10,16H,2-7H2,1H3. The number of aliphatic hydroxyl groups excluding tert-OH is 1. The summed E-state index contributed by atoms with van der Waals surface area (Å²) in [6.07, 6.45) is 5.13. The Morgan fingerprint density at radius 2 is 2.29 bits per heavy atom. The molecule has 1 saturated carbocycles. The highest BCUT2D eigenvalue weighted by molar-refractivity contribution is 5.42. The van der Waals surface area contributed by atoms with E-state index in [1.165, 1.54) is 25.6 Å². The molecule has 0 spiro atoms. The van der Waals surface area contributed by atoms with Gasteiger partial charge in [0.05, 0.1) is 13.2 Å². The Morgan fingerprint density at radius 3 is 2.88 bits per heavy atom. The third-order valence-corrected chi connectivity index (χ3v) is 3.07. The van der Waals surface area contributed by atoms with Crippen LogP contribution in [0.25, 0.3) is 0 Å². The topological polar surface area (TPSA) is 58.5 Å². The van der Waals surface area contributed by atoms with Gasteiger partial charge in [-0.25, -0.2) is 9.97 Å². The third kappa shape index (κ3) is 2.85. The van der Waals surface area contributed by atoms with Crippen LogP contribution in [0.15, 0.2) is 12.4 Å². The predicted octanol–water partition coefficient (Wildman–Crippen LogP) is 1.23. The van der Waals surface area contributed by atoms with Crippen LogP contribution in [0.2, 0.25) is 0 Å². The third-order valence-electron chi connectivity index (χ3n) is 3.07. The molecule has 2 rings (SSSR count). The van der Waals surface area contributed by atoms with E-state index in [1.807, 2.05) is 13.0 Å². The fraction of sp³-hybridized carbons (Fsp3) is 0.667. The molecule has 1 fully saturated rings. The maximum atomic E-state index is 9.12. The van der Waals surface area contributed by atoms with Gasteiger partial charge in [0.25, 0.3) is 0 Å². The largest absolute Gasteiger partial charge is 0.478 e. The SMILES string of the molecule is CCOc1cc(N(CCO)C2CCC2)ncn1. The van der Waals surface area contributed by atoms with Crippen LogP contribution in [0.3, 0.4) is 0 Å². The lowest BCUT2D eigenvalue weighted by Crippen LogP contribution is -2.42. The summed E-state index contributed by atoms with van der Waals surface area (Å²) in [6.45, 7) is 3.29. The highest BCUT2D eigenvalue weighted by Crippen LogP contribution is 2.29. The number of rotatable bonds is 6. The molecule has 5 nitrogen and oxygen atoms in total. The van der Waals surface area contributed by atoms with Gasteiger partial charge in [0.1, 0.15) is 12.1 Å². The van der Waals surface area contributed by atoms with Crippen molar-refractivity contribution in [1.82, 2.24) is 9.97 Å². The smallest absolute Gasteiger partial charge is 0.218 e. The molecule has 1 aliphatic rings. The van der Waals surface area contributed by atoms with Crippen molar-refractivity contribution in [3.8, 4) is 5.88 Å². The van der Waals surface area contributed by atoms with Crippen LogP contribution in [0.4, 0.5) is 5.82 Å². The Bertz CT molecular complexity index is 355. The Hall–Kier alpha value is -1.36. The summed E-state index contributed by atoms with van der Waals surface area (Å²) in [5.41, 5.74) is 0. The van der Waals surface area contributed by atoms with Crippen LogP contribution >= 0.6 is 0 Å². The molecule has 0 atom stereocenters. The van der Waals surface area contributed by atoms with Crippen molar-refractivity contribution >= 4 is 5.82 Å². The summed E-state index contributed by atoms with van der Waals surface area (Å²) in [6, 6.07) is 2.35. The minimum Gasteiger partial charge on any atom is -0.478 e. The van der Waals surface area contributed by atoms with Crippen LogP contribution in [-0.2, 0) is 0 Å². The maximum Gasteiger partial charge on any atom is 0.218 e. The van der Waals surface area contributed by atoms with E-state index in [0.717, 1.165) is 5.82 Å². The van der Waals surface area contributed by atoms with Gasteiger partial charge in [-0.3, -0.25) is 0 Å². The van der Waals surface area contributed by atoms with E-state index < -0.39 is 0 Å². The molecule has 1 aliphatic carbocycles. The Kier molecular flexibility index (Phi) is 4.14. The highest BCUT2D eigenvalue weighted by atomic mass is 16.5. The first-order chi connectivity index (χ1) is 8.35. The van der Waals surface area contributed by atoms with Crippen molar-refractivity contribution in [2.24, 2.45) is 0 Å². The van der Waals surface area contributed by atoms with Crippen molar-refractivity contribution in [3.63, 3.8) is 0 Å². The molecule has 0 aliphatic heterocycles. The van der Waals surface area contributed by atoms with Crippen molar-refractivity contribution in [2.75, 3.05) is 24.7 Å². The Morgan fingerprint density at radius 1 is 1.47 bits per heavy atom. The lowest BCUT2D eigenvalue weighted by Gasteiger charge is -2.38. The van der Waals surface area contributed by atoms with E-state index in [2.05, 4.69) is 14.9 Å². The second-order valence-corrected chi connectivity index (χ2v) is 4.15. The summed E-state index contributed by atoms with van der Waals surface area (Å²) >= 11 is 0. The molecule has 0 bridgehead atoms. The van der Waals surface area contributed by atoms with Gasteiger partial charge in [-0.05, 0) is 26.2 Å². The molecule has 1 N–H and O–H groups in total. The first-order valence-electron chi connectivity index (χ1n) is 6.17. The molecule has 0 aromatic carbocycles. The fourth-order valence-electron chi connectivity index (χ4n) is 2.00. The summed E-state index contributed by atoms with van der Waals surface area (Å²) in [4.78, 5) is 10.5. The molecule has 0 amide bonds. The minimum absolute atomic E-state index is 0.143. The van der Waals surface area contributed by atoms with Gasteiger partial charge < -0.3 is 14.7 Å². The van der Waals surface area contributed by atoms with Crippen molar-refractivity contribution in [2.45, 2.75) is 32.2 Å². The molecule has 1 heterocycles. The first kappa shape index (κ1) is 12.1. The number of aliphatic hydroxyl groups is 1. The molecule has 0 unspecified atom stereocenters. The maximum absolute atomic E-state index is 9.12. The lowest BCUT2D eigenvalue weighted by molar-refractivity contribution is 0.282. The molecule has 17 heavy (non-hydrogen) atoms. The number of aromatic nitrogens is 2. The van der Waals surface area contributed by atoms with Gasteiger partial charge in [0.15, 0.2) is 0 Å². The lowest BCUT2D eigenvalue weighted by atomic mass is 9.91. The van der Waals surface area contributed by atoms with Gasteiger partial charge >= 0.3 is 0 Å². The second kappa shape index (κ2) is 5.82. The molecule has 0 saturated heterocycles. The van der Waals surface area contributed by atoms with Gasteiger partial charge in [-0.1, -0.05) is 0 Å². The molecule has 94 valence electrons. The predicted molar refractivity (Wildman–Crippen MR) is 65.3 cm³/mol. The molecular weight excluding hydrogens is 218 g/mol. The summed E-state index contributed by atoms with van der Waals surface area (Å²) < 4.78 is 5.37. The molecule has 0 radical (unpaired) electrons. The van der Waals surface area contributed by atoms with Crippen molar-refractivity contribution < 1.29 is 9.84 Å². The van der Waals surface area contributed by atoms with Crippen LogP contribution < -0.4 is 9.64 Å². The highest BCUT2D eigenvalue weighted by Gasteiger charge is 2.25. The molecule has 1 aromatic rings. The summed E-state index contributed by atoms with van der Waals surface area (Å²) in [7, 11) is 0. The summed E-state index contributed by atoms with van der Waals surface area (Å²) in [5, 5.41) is 9.12. The van der Waals surface area contributed by atoms with Crippen molar-refractivity contribution in [1.29, 1.82) is 0 Å². The number of hydrogen-bond acceptors (Lipinski definition) is 5. The Labute approximate surface area is 101 Å². The summed E-state index contributed by atoms with van der Waals surface area (Å²) in [5.74, 6) is 1.45. The van der Waals surface area contributed by atoms with E-state index in [0.29, 0.717) is 25.1 Å². The van der Waals surface area contributed by atoms with E-state index in [-0.39, 0.29) is 6.61 Å². The molecule has 1 aromatic heterocycles. The van der Waals surface area contributed by atoms with Crippen LogP contribution in [0.1, 0.15) is 26.2 Å². The number of nitrogens with zero attached hydrogens (tertiary/aromatic N) is 3. The number of hydrogen-bond donors (Lipinski definition) is 1. The molecule has 5 heteroatoms. The zero-order chi connectivity index (χ0) is 12.1. The van der Waals surface area contributed by atoms with E-state index in [9.17, 15) is 0 Å². The fourth-order valence-corrected chi connectivity index (χ4v) is 2.00. The van der Waals surface area contributed by atoms with E-state index in [4.69, 9.17) is 9.84 Å². The first-order valence-corrected chi connectivity index (χ1v) is 6.17. The monoisotopic (exact) mass is 237 g/mol. The quantitative estimate of drug-likeness (QED) is 0.806. The number of ether oxygens (including phenoxy) is 1. The Balaban J connectivity index is 2.13. The van der Waals surface area contributed by atoms with E-state index >= 15 is 0 Å². The number of anilines is 1. The van der Waals surface area contributed by atoms with Crippen LogP contribution in [-0.4, -0.2) is 40.9 Å². The minimum atomic E-state index is 0.143. The van der Waals surface area contributed by atoms with Gasteiger partial charge in [0, 0.05) is 18.7 Å². The van der Waals surface area contributed by atoms with Crippen LogP contribution in [0.5, 0.6) is 5.88 Å². The average Bonchev–Trinajstić information content (AvgIpc) is 2.27. The van der Waals surface area contributed by atoms with Gasteiger partial charge in [-0.2, -0.15) is 0 Å². The zero-order valence-electron chi connectivity index (χ0n) is 10.2. The van der Waals surface area contributed by atoms with Gasteiger partial charge in [-0.15, -0.1) is 0 Å². The molecular formula is C12H19N3O2. The van der Waals surface area contributed by atoms with Crippen molar-refractivity contribution in [3.05, 3.63) is 12.4 Å². The zero-order valence-corrected chi connectivity index (χ0v) is 10.2. The van der Waals surface area contributed by atoms with E-state index in [1.54, 1.807) is 0 Å². The normalized spacial score (nSPS) is 15.4. The second-order valence-electron chi connectivity index (χ2n) is 4.15.